The molecule has 2 atom stereocenters. The van der Waals surface area contributed by atoms with Crippen LogP contribution in [0.2, 0.25) is 5.02 Å². The fraction of sp³-hybridized carbons (Fsp3) is 0.400. The Morgan fingerprint density at radius 1 is 1.29 bits per heavy atom. The summed E-state index contributed by atoms with van der Waals surface area (Å²) in [5, 5.41) is 24.3. The lowest BCUT2D eigenvalue weighted by Gasteiger charge is -2.22. The third kappa shape index (κ3) is 4.26. The Labute approximate surface area is 199 Å². The number of carbonyl (C=O) groups is 1. The van der Waals surface area contributed by atoms with Gasteiger partial charge in [0.25, 0.3) is 0 Å². The molecule has 1 amide bonds. The van der Waals surface area contributed by atoms with Crippen molar-refractivity contribution in [2.45, 2.75) is 31.0 Å². The maximum atomic E-state index is 11.6. The highest BCUT2D eigenvalue weighted by molar-refractivity contribution is 6.36. The number of carbonyl (C=O) groups excluding carboxylic acids is 1. The molecule has 3 heterocycles. The number of hydrogen-bond donors (Lipinski definition) is 6. The Morgan fingerprint density at radius 3 is 2.82 bits per heavy atom. The SMILES string of the molecule is COC(=O)N[C@@H]1CN(c2cc(N)cc(Nc3nc(NC4CC4)c4ncc(N)n4n3)c2Cl)C[C@H]1O. The third-order valence-corrected chi connectivity index (χ3v) is 6.14. The van der Waals surface area contributed by atoms with Gasteiger partial charge in [-0.05, 0) is 25.0 Å². The monoisotopic (exact) mass is 488 g/mol. The summed E-state index contributed by atoms with van der Waals surface area (Å²) in [7, 11) is 1.27. The van der Waals surface area contributed by atoms with E-state index in [9.17, 15) is 9.90 Å². The summed E-state index contributed by atoms with van der Waals surface area (Å²) >= 11 is 6.73. The normalized spacial score (nSPS) is 19.9. The summed E-state index contributed by atoms with van der Waals surface area (Å²) in [4.78, 5) is 22.3. The summed E-state index contributed by atoms with van der Waals surface area (Å²) < 4.78 is 6.13. The first-order chi connectivity index (χ1) is 16.3. The minimum Gasteiger partial charge on any atom is -0.453 e. The van der Waals surface area contributed by atoms with Crippen LogP contribution in [0.3, 0.4) is 0 Å². The number of hydrogen-bond acceptors (Lipinski definition) is 11. The highest BCUT2D eigenvalue weighted by atomic mass is 35.5. The standard InChI is InChI=1S/C20H25ClN10O3/c1-34-20(33)27-12-7-30(8-14(12)32)13-5-9(22)4-11(16(13)21)26-19-28-17(25-10-2-3-10)18-24-6-15(23)31(18)29-19/h4-6,10,12,14,32H,2-3,7-8,22-23H2,1H3,(H,27,33)(H2,25,26,28,29)/t12-,14-/m1/s1. The van der Waals surface area contributed by atoms with E-state index in [2.05, 4.69) is 35.8 Å². The van der Waals surface area contributed by atoms with Crippen molar-refractivity contribution < 1.29 is 14.6 Å². The van der Waals surface area contributed by atoms with Crippen LogP contribution in [-0.2, 0) is 4.74 Å². The Hall–Kier alpha value is -3.71. The van der Waals surface area contributed by atoms with Crippen LogP contribution in [0.5, 0.6) is 0 Å². The summed E-state index contributed by atoms with van der Waals surface area (Å²) in [5.41, 5.74) is 14.2. The highest BCUT2D eigenvalue weighted by Gasteiger charge is 2.34. The van der Waals surface area contributed by atoms with E-state index in [1.54, 1.807) is 12.1 Å². The van der Waals surface area contributed by atoms with E-state index in [1.165, 1.54) is 17.8 Å². The average Bonchev–Trinajstić information content (AvgIpc) is 3.44. The lowest BCUT2D eigenvalue weighted by Crippen LogP contribution is -2.42. The zero-order valence-electron chi connectivity index (χ0n) is 18.3. The number of aliphatic hydroxyl groups excluding tert-OH is 1. The lowest BCUT2D eigenvalue weighted by atomic mass is 10.2. The van der Waals surface area contributed by atoms with E-state index in [1.807, 2.05) is 4.90 Å². The smallest absolute Gasteiger partial charge is 0.407 e. The van der Waals surface area contributed by atoms with Crippen LogP contribution in [0.15, 0.2) is 18.3 Å². The molecule has 0 radical (unpaired) electrons. The topological polar surface area (TPSA) is 181 Å². The molecule has 34 heavy (non-hydrogen) atoms. The molecule has 1 saturated heterocycles. The first-order valence-electron chi connectivity index (χ1n) is 10.7. The molecule has 13 nitrogen and oxygen atoms in total. The number of anilines is 6. The van der Waals surface area contributed by atoms with Crippen molar-refractivity contribution in [2.24, 2.45) is 0 Å². The van der Waals surface area contributed by atoms with Gasteiger partial charge < -0.3 is 42.2 Å². The van der Waals surface area contributed by atoms with Gasteiger partial charge in [0.1, 0.15) is 5.82 Å². The van der Waals surface area contributed by atoms with Gasteiger partial charge >= 0.3 is 6.09 Å². The quantitative estimate of drug-likeness (QED) is 0.274. The molecule has 2 aromatic heterocycles. The molecule has 0 unspecified atom stereocenters. The zero-order chi connectivity index (χ0) is 24.0. The van der Waals surface area contributed by atoms with Crippen molar-refractivity contribution in [2.75, 3.05) is 47.2 Å². The van der Waals surface area contributed by atoms with Gasteiger partial charge in [0.2, 0.25) is 5.95 Å². The van der Waals surface area contributed by atoms with Crippen molar-refractivity contribution in [1.82, 2.24) is 24.9 Å². The molecule has 0 bridgehead atoms. The van der Waals surface area contributed by atoms with Gasteiger partial charge in [0, 0.05) is 24.8 Å². The van der Waals surface area contributed by atoms with E-state index in [4.69, 9.17) is 23.1 Å². The van der Waals surface area contributed by atoms with Crippen LogP contribution in [0, 0.1) is 0 Å². The van der Waals surface area contributed by atoms with Crippen LogP contribution in [0.4, 0.5) is 39.4 Å². The average molecular weight is 489 g/mol. The van der Waals surface area contributed by atoms with E-state index < -0.39 is 18.2 Å². The maximum absolute atomic E-state index is 11.6. The molecule has 1 saturated carbocycles. The zero-order valence-corrected chi connectivity index (χ0v) is 19.1. The Morgan fingerprint density at radius 2 is 2.09 bits per heavy atom. The van der Waals surface area contributed by atoms with Crippen molar-refractivity contribution >= 4 is 58.0 Å². The number of benzene rings is 1. The molecule has 1 aromatic carbocycles. The minimum absolute atomic E-state index is 0.251. The summed E-state index contributed by atoms with van der Waals surface area (Å²) in [6.45, 7) is 0.573. The number of amides is 1. The Balaban J connectivity index is 1.44. The van der Waals surface area contributed by atoms with Gasteiger partial charge in [0.15, 0.2) is 11.5 Å². The number of fused-ring (bicyclic) bond motifs is 1. The lowest BCUT2D eigenvalue weighted by molar-refractivity contribution is 0.138. The van der Waals surface area contributed by atoms with Crippen molar-refractivity contribution in [3.05, 3.63) is 23.4 Å². The minimum atomic E-state index is -0.806. The number of β-amino-alcohol motifs (C(OH)–C–C–N with tert-alkyl or cyclic N) is 1. The number of halogens is 1. The van der Waals surface area contributed by atoms with Crippen molar-refractivity contribution in [3.63, 3.8) is 0 Å². The molecule has 180 valence electrons. The Bertz CT molecular complexity index is 1250. The molecule has 1 aliphatic carbocycles. The molecule has 3 aromatic rings. The molecule has 2 fully saturated rings. The van der Waals surface area contributed by atoms with Crippen LogP contribution in [0.25, 0.3) is 5.65 Å². The number of aliphatic hydroxyl groups is 1. The fourth-order valence-corrected chi connectivity index (χ4v) is 4.15. The van der Waals surface area contributed by atoms with Crippen LogP contribution in [0.1, 0.15) is 12.8 Å². The molecule has 2 aliphatic rings. The van der Waals surface area contributed by atoms with E-state index in [-0.39, 0.29) is 12.5 Å². The number of aromatic nitrogens is 4. The largest absolute Gasteiger partial charge is 0.453 e. The number of nitrogens with one attached hydrogen (secondary N) is 3. The van der Waals surface area contributed by atoms with E-state index >= 15 is 0 Å². The number of nitrogens with two attached hydrogens (primary N) is 2. The molecule has 5 rings (SSSR count). The number of methoxy groups -OCH3 is 1. The van der Waals surface area contributed by atoms with Gasteiger partial charge in [-0.15, -0.1) is 5.10 Å². The molecule has 0 spiro atoms. The predicted octanol–water partition coefficient (Wildman–Crippen LogP) is 1.17. The van der Waals surface area contributed by atoms with Gasteiger partial charge in [-0.3, -0.25) is 0 Å². The number of alkyl carbamates (subject to hydrolysis) is 1. The van der Waals surface area contributed by atoms with E-state index in [0.29, 0.717) is 52.0 Å². The molecular weight excluding hydrogens is 464 g/mol. The number of rotatable bonds is 6. The van der Waals surface area contributed by atoms with Crippen LogP contribution in [-0.4, -0.2) is 69.2 Å². The number of imidazole rings is 1. The van der Waals surface area contributed by atoms with Gasteiger partial charge in [0.05, 0.1) is 41.8 Å². The van der Waals surface area contributed by atoms with Gasteiger partial charge in [-0.1, -0.05) is 11.6 Å². The Kier molecular flexibility index (Phi) is 5.57. The van der Waals surface area contributed by atoms with Gasteiger partial charge in [-0.25, -0.2) is 9.78 Å². The van der Waals surface area contributed by atoms with E-state index in [0.717, 1.165) is 12.8 Å². The number of nitrogens with zero attached hydrogens (tertiary/aromatic N) is 5. The van der Waals surface area contributed by atoms with Crippen LogP contribution >= 0.6 is 11.6 Å². The third-order valence-electron chi connectivity index (χ3n) is 5.75. The summed E-state index contributed by atoms with van der Waals surface area (Å²) in [6, 6.07) is 3.20. The predicted molar refractivity (Wildman–Crippen MR) is 129 cm³/mol. The van der Waals surface area contributed by atoms with Gasteiger partial charge in [-0.2, -0.15) is 9.50 Å². The fourth-order valence-electron chi connectivity index (χ4n) is 3.88. The second kappa shape index (κ2) is 8.57. The summed E-state index contributed by atoms with van der Waals surface area (Å²) in [6.07, 6.45) is 2.22. The molecular formula is C20H25ClN10O3. The first-order valence-corrected chi connectivity index (χ1v) is 11.1. The molecule has 1 aliphatic heterocycles. The van der Waals surface area contributed by atoms with Crippen molar-refractivity contribution in [1.29, 1.82) is 0 Å². The second-order valence-corrected chi connectivity index (χ2v) is 8.74. The summed E-state index contributed by atoms with van der Waals surface area (Å²) in [5.74, 6) is 1.19. The number of nitrogen functional groups attached to an aromatic ring is 2. The molecule has 14 heteroatoms. The molecule has 8 N–H and O–H groups in total. The highest BCUT2D eigenvalue weighted by Crippen LogP contribution is 2.38. The maximum Gasteiger partial charge on any atom is 0.407 e. The van der Waals surface area contributed by atoms with Crippen molar-refractivity contribution in [3.8, 4) is 0 Å². The van der Waals surface area contributed by atoms with Crippen LogP contribution < -0.4 is 32.3 Å². The second-order valence-electron chi connectivity index (χ2n) is 8.36. The number of ether oxygens (including phenoxy) is 1. The first kappa shape index (κ1) is 22.1.